The van der Waals surface area contributed by atoms with Crippen LogP contribution in [0.2, 0.25) is 0 Å². The van der Waals surface area contributed by atoms with Crippen molar-refractivity contribution in [2.45, 2.75) is 4.21 Å². The van der Waals surface area contributed by atoms with Gasteiger partial charge in [0.15, 0.2) is 5.82 Å². The van der Waals surface area contributed by atoms with Crippen LogP contribution in [0.1, 0.15) is 0 Å². The highest BCUT2D eigenvalue weighted by Gasteiger charge is 2.16. The summed E-state index contributed by atoms with van der Waals surface area (Å²) in [6.45, 7) is 0. The van der Waals surface area contributed by atoms with Crippen LogP contribution in [0, 0.1) is 0 Å². The molecule has 7 heteroatoms. The Morgan fingerprint density at radius 2 is 2.12 bits per heavy atom. The fourth-order valence-electron chi connectivity index (χ4n) is 1.05. The Kier molecular flexibility index (Phi) is 3.27. The van der Waals surface area contributed by atoms with Gasteiger partial charge in [0.25, 0.3) is 10.0 Å². The average Bonchev–Trinajstić information content (AvgIpc) is 2.75. The fraction of sp³-hybridized carbons (Fsp3) is 0. The van der Waals surface area contributed by atoms with Crippen LogP contribution in [-0.2, 0) is 10.0 Å². The maximum Gasteiger partial charge on any atom is 0.272 e. The molecule has 0 aliphatic rings. The van der Waals surface area contributed by atoms with Crippen molar-refractivity contribution in [1.82, 2.24) is 4.98 Å². The van der Waals surface area contributed by atoms with Gasteiger partial charge in [0.1, 0.15) is 4.21 Å². The predicted octanol–water partition coefficient (Wildman–Crippen LogP) is 2.71. The van der Waals surface area contributed by atoms with Crippen LogP contribution >= 0.6 is 27.3 Å². The molecule has 0 saturated carbocycles. The zero-order valence-corrected chi connectivity index (χ0v) is 11.1. The van der Waals surface area contributed by atoms with Crippen molar-refractivity contribution in [3.63, 3.8) is 0 Å². The molecule has 0 atom stereocenters. The molecular formula is C9H7BrN2O2S2. The molecule has 0 aliphatic heterocycles. The summed E-state index contributed by atoms with van der Waals surface area (Å²) >= 11 is 4.39. The zero-order chi connectivity index (χ0) is 11.6. The van der Waals surface area contributed by atoms with E-state index in [1.807, 2.05) is 0 Å². The molecule has 2 heterocycles. The summed E-state index contributed by atoms with van der Waals surface area (Å²) < 4.78 is 27.0. The molecule has 0 aromatic carbocycles. The first-order chi connectivity index (χ1) is 7.59. The maximum absolute atomic E-state index is 11.9. The van der Waals surface area contributed by atoms with Crippen molar-refractivity contribution in [3.8, 4) is 0 Å². The van der Waals surface area contributed by atoms with Crippen LogP contribution in [0.3, 0.4) is 0 Å². The van der Waals surface area contributed by atoms with Gasteiger partial charge in [-0.2, -0.15) is 0 Å². The minimum Gasteiger partial charge on any atom is -0.262 e. The molecule has 0 unspecified atom stereocenters. The molecule has 2 rings (SSSR count). The Labute approximate surface area is 106 Å². The lowest BCUT2D eigenvalue weighted by Gasteiger charge is -2.06. The van der Waals surface area contributed by atoms with E-state index in [0.29, 0.717) is 4.47 Å². The highest BCUT2D eigenvalue weighted by Crippen LogP contribution is 2.23. The lowest BCUT2D eigenvalue weighted by atomic mass is 10.5. The number of thiophene rings is 1. The first-order valence-electron chi connectivity index (χ1n) is 4.26. The molecule has 4 nitrogen and oxygen atoms in total. The maximum atomic E-state index is 11.9. The largest absolute Gasteiger partial charge is 0.272 e. The van der Waals surface area contributed by atoms with Crippen LogP contribution in [0.25, 0.3) is 0 Å². The van der Waals surface area contributed by atoms with Gasteiger partial charge in [-0.15, -0.1) is 11.3 Å². The van der Waals surface area contributed by atoms with Gasteiger partial charge in [0.2, 0.25) is 0 Å². The zero-order valence-electron chi connectivity index (χ0n) is 7.92. The second-order valence-corrected chi connectivity index (χ2v) is 6.58. The number of sulfonamides is 1. The van der Waals surface area contributed by atoms with Gasteiger partial charge >= 0.3 is 0 Å². The first-order valence-corrected chi connectivity index (χ1v) is 7.42. The van der Waals surface area contributed by atoms with E-state index in [-0.39, 0.29) is 10.0 Å². The summed E-state index contributed by atoms with van der Waals surface area (Å²) in [6.07, 6.45) is 1.52. The van der Waals surface area contributed by atoms with Crippen molar-refractivity contribution in [2.75, 3.05) is 4.72 Å². The summed E-state index contributed by atoms with van der Waals surface area (Å²) in [7, 11) is -3.52. The van der Waals surface area contributed by atoms with Crippen LogP contribution in [0.15, 0.2) is 44.5 Å². The highest BCUT2D eigenvalue weighted by atomic mass is 79.9. The van der Waals surface area contributed by atoms with Gasteiger partial charge in [-0.1, -0.05) is 6.07 Å². The summed E-state index contributed by atoms with van der Waals surface area (Å²) in [6, 6.07) is 6.67. The number of nitrogens with zero attached hydrogens (tertiary/aromatic N) is 1. The number of hydrogen-bond acceptors (Lipinski definition) is 4. The van der Waals surface area contributed by atoms with Crippen LogP contribution in [0.5, 0.6) is 0 Å². The Hall–Kier alpha value is -0.920. The molecule has 84 valence electrons. The Balaban J connectivity index is 2.33. The third-order valence-electron chi connectivity index (χ3n) is 1.75. The number of aromatic nitrogens is 1. The Morgan fingerprint density at radius 1 is 1.31 bits per heavy atom. The molecule has 16 heavy (non-hydrogen) atoms. The number of pyridine rings is 1. The van der Waals surface area contributed by atoms with E-state index in [1.54, 1.807) is 29.6 Å². The topological polar surface area (TPSA) is 59.1 Å². The van der Waals surface area contributed by atoms with Crippen molar-refractivity contribution in [2.24, 2.45) is 0 Å². The third kappa shape index (κ3) is 2.42. The lowest BCUT2D eigenvalue weighted by molar-refractivity contribution is 0.603. The van der Waals surface area contributed by atoms with Gasteiger partial charge in [-0.3, -0.25) is 4.72 Å². The molecular weight excluding hydrogens is 312 g/mol. The standard InChI is InChI=1S/C9H7BrN2O2S2/c10-7-3-1-5-11-9(7)12-16(13,14)8-4-2-6-15-8/h1-6H,(H,11,12). The quantitative estimate of drug-likeness (QED) is 0.946. The van der Waals surface area contributed by atoms with E-state index in [0.717, 1.165) is 11.3 Å². The molecule has 1 N–H and O–H groups in total. The fourth-order valence-corrected chi connectivity index (χ4v) is 3.56. The third-order valence-corrected chi connectivity index (χ3v) is 5.13. The first kappa shape index (κ1) is 11.6. The summed E-state index contributed by atoms with van der Waals surface area (Å²) in [5, 5.41) is 1.71. The minimum absolute atomic E-state index is 0.269. The lowest BCUT2D eigenvalue weighted by Crippen LogP contribution is -2.12. The Bertz CT molecular complexity index is 581. The van der Waals surface area contributed by atoms with Crippen LogP contribution < -0.4 is 4.72 Å². The van der Waals surface area contributed by atoms with Crippen molar-refractivity contribution < 1.29 is 8.42 Å². The summed E-state index contributed by atoms with van der Waals surface area (Å²) in [5.74, 6) is 0.288. The average molecular weight is 319 g/mol. The monoisotopic (exact) mass is 318 g/mol. The number of hydrogen-bond donors (Lipinski definition) is 1. The van der Waals surface area contributed by atoms with Gasteiger partial charge in [-0.05, 0) is 39.5 Å². The molecule has 2 aromatic heterocycles. The predicted molar refractivity (Wildman–Crippen MR) is 67.1 cm³/mol. The van der Waals surface area contributed by atoms with Gasteiger partial charge in [0.05, 0.1) is 4.47 Å². The summed E-state index contributed by atoms with van der Waals surface area (Å²) in [4.78, 5) is 3.94. The summed E-state index contributed by atoms with van der Waals surface area (Å²) in [5.41, 5.74) is 0. The highest BCUT2D eigenvalue weighted by molar-refractivity contribution is 9.10. The number of anilines is 1. The second kappa shape index (κ2) is 4.52. The van der Waals surface area contributed by atoms with E-state index >= 15 is 0 Å². The van der Waals surface area contributed by atoms with Gasteiger partial charge in [0, 0.05) is 6.20 Å². The van der Waals surface area contributed by atoms with E-state index in [9.17, 15) is 8.42 Å². The normalized spacial score (nSPS) is 11.3. The number of nitrogens with one attached hydrogen (secondary N) is 1. The van der Waals surface area contributed by atoms with E-state index < -0.39 is 10.0 Å². The van der Waals surface area contributed by atoms with E-state index in [1.165, 1.54) is 6.20 Å². The minimum atomic E-state index is -3.52. The molecule has 0 amide bonds. The van der Waals surface area contributed by atoms with Crippen molar-refractivity contribution in [3.05, 3.63) is 40.3 Å². The number of halogens is 1. The van der Waals surface area contributed by atoms with Crippen LogP contribution in [-0.4, -0.2) is 13.4 Å². The number of rotatable bonds is 3. The van der Waals surface area contributed by atoms with Crippen LogP contribution in [0.4, 0.5) is 5.82 Å². The van der Waals surface area contributed by atoms with Crippen molar-refractivity contribution in [1.29, 1.82) is 0 Å². The molecule has 0 spiro atoms. The molecule has 0 bridgehead atoms. The molecule has 0 aliphatic carbocycles. The smallest absolute Gasteiger partial charge is 0.262 e. The molecule has 0 fully saturated rings. The SMILES string of the molecule is O=S(=O)(Nc1ncccc1Br)c1cccs1. The van der Waals surface area contributed by atoms with Crippen molar-refractivity contribution >= 4 is 43.1 Å². The van der Waals surface area contributed by atoms with E-state index in [2.05, 4.69) is 25.6 Å². The Morgan fingerprint density at radius 3 is 2.75 bits per heavy atom. The second-order valence-electron chi connectivity index (χ2n) is 2.87. The molecule has 0 radical (unpaired) electrons. The van der Waals surface area contributed by atoms with Gasteiger partial charge in [-0.25, -0.2) is 13.4 Å². The van der Waals surface area contributed by atoms with E-state index in [4.69, 9.17) is 0 Å². The van der Waals surface area contributed by atoms with Gasteiger partial charge < -0.3 is 0 Å². The molecule has 0 saturated heterocycles. The molecule has 2 aromatic rings.